The van der Waals surface area contributed by atoms with Crippen LogP contribution in [-0.2, 0) is 4.79 Å². The van der Waals surface area contributed by atoms with E-state index in [4.69, 9.17) is 0 Å². The molecular formula is C25H38O6. The molecule has 0 saturated carbocycles. The number of rotatable bonds is 17. The molecule has 1 aromatic carbocycles. The molecule has 1 atom stereocenters. The second-order valence-electron chi connectivity index (χ2n) is 8.14. The molecule has 6 heteroatoms. The van der Waals surface area contributed by atoms with Crippen molar-refractivity contribution in [1.82, 2.24) is 0 Å². The Labute approximate surface area is 185 Å². The first kappa shape index (κ1) is 26.5. The normalized spacial score (nSPS) is 12.3. The highest BCUT2D eigenvalue weighted by Crippen LogP contribution is 2.36. The summed E-state index contributed by atoms with van der Waals surface area (Å²) in [4.78, 5) is 24.0. The second kappa shape index (κ2) is 15.3. The number of carbonyl (C=O) groups excluding carboxylic acids is 1. The molecule has 0 heterocycles. The maximum absolute atomic E-state index is 12.5. The van der Waals surface area contributed by atoms with Gasteiger partial charge in [-0.25, -0.2) is 0 Å². The van der Waals surface area contributed by atoms with E-state index >= 15 is 0 Å². The molecule has 0 fully saturated rings. The lowest BCUT2D eigenvalue weighted by Gasteiger charge is -2.12. The highest BCUT2D eigenvalue weighted by molar-refractivity contribution is 6.08. The number of unbranched alkanes of at least 4 members (excludes halogenated alkanes) is 10. The Hall–Kier alpha value is -2.50. The summed E-state index contributed by atoms with van der Waals surface area (Å²) in [5, 5.41) is 37.9. The predicted octanol–water partition coefficient (Wildman–Crippen LogP) is 6.33. The maximum atomic E-state index is 12.5. The van der Waals surface area contributed by atoms with Gasteiger partial charge in [-0.15, -0.1) is 0 Å². The molecule has 6 nitrogen and oxygen atoms in total. The first-order chi connectivity index (χ1) is 14.9. The number of ketones is 1. The van der Waals surface area contributed by atoms with Crippen LogP contribution in [0.4, 0.5) is 0 Å². The third-order valence-electron chi connectivity index (χ3n) is 5.47. The SMILES string of the molecule is CCCCCCCC/C=C\CCCCCCC(C(=O)O)C(=O)c1cc(O)c(O)c(O)c1. The summed E-state index contributed by atoms with van der Waals surface area (Å²) in [5.41, 5.74) is -0.129. The van der Waals surface area contributed by atoms with Gasteiger partial charge in [0.2, 0.25) is 0 Å². The van der Waals surface area contributed by atoms with Gasteiger partial charge in [0.1, 0.15) is 5.92 Å². The third kappa shape index (κ3) is 10.4. The third-order valence-corrected chi connectivity index (χ3v) is 5.47. The zero-order valence-corrected chi connectivity index (χ0v) is 18.7. The minimum atomic E-state index is -1.24. The second-order valence-corrected chi connectivity index (χ2v) is 8.14. The number of allylic oxidation sites excluding steroid dienone is 2. The molecule has 0 spiro atoms. The number of Topliss-reactive ketones (excluding diaryl/α,β-unsaturated/α-hetero) is 1. The van der Waals surface area contributed by atoms with Crippen LogP contribution in [-0.4, -0.2) is 32.2 Å². The van der Waals surface area contributed by atoms with Crippen molar-refractivity contribution >= 4 is 11.8 Å². The van der Waals surface area contributed by atoms with Crippen molar-refractivity contribution in [1.29, 1.82) is 0 Å². The molecule has 1 rings (SSSR count). The summed E-state index contributed by atoms with van der Waals surface area (Å²) in [6, 6.07) is 1.95. The average Bonchev–Trinajstić information content (AvgIpc) is 2.73. The first-order valence-corrected chi connectivity index (χ1v) is 11.5. The number of phenolic OH excluding ortho intramolecular Hbond substituents is 3. The molecule has 0 aliphatic carbocycles. The molecule has 0 bridgehead atoms. The van der Waals surface area contributed by atoms with Gasteiger partial charge in [0, 0.05) is 5.56 Å². The Kier molecular flexibility index (Phi) is 13.1. The summed E-state index contributed by atoms with van der Waals surface area (Å²) in [6.45, 7) is 2.23. The van der Waals surface area contributed by atoms with Crippen molar-refractivity contribution < 1.29 is 30.0 Å². The van der Waals surface area contributed by atoms with Crippen LogP contribution in [0.15, 0.2) is 24.3 Å². The lowest BCUT2D eigenvalue weighted by atomic mass is 9.92. The van der Waals surface area contributed by atoms with Crippen LogP contribution >= 0.6 is 0 Å². The zero-order chi connectivity index (χ0) is 23.1. The molecule has 1 unspecified atom stereocenters. The fourth-order valence-electron chi connectivity index (χ4n) is 3.56. The molecule has 1 aromatic rings. The Morgan fingerprint density at radius 2 is 1.29 bits per heavy atom. The van der Waals surface area contributed by atoms with Gasteiger partial charge >= 0.3 is 5.97 Å². The van der Waals surface area contributed by atoms with Crippen molar-refractivity contribution in [3.8, 4) is 17.2 Å². The first-order valence-electron chi connectivity index (χ1n) is 11.5. The number of phenols is 3. The molecule has 4 N–H and O–H groups in total. The monoisotopic (exact) mass is 434 g/mol. The van der Waals surface area contributed by atoms with Crippen LogP contribution in [0.2, 0.25) is 0 Å². The fourth-order valence-corrected chi connectivity index (χ4v) is 3.56. The van der Waals surface area contributed by atoms with E-state index in [9.17, 15) is 30.0 Å². The summed E-state index contributed by atoms with van der Waals surface area (Å²) in [7, 11) is 0. The summed E-state index contributed by atoms with van der Waals surface area (Å²) < 4.78 is 0. The molecule has 0 aliphatic rings. The van der Waals surface area contributed by atoms with E-state index in [1.54, 1.807) is 0 Å². The van der Waals surface area contributed by atoms with Gasteiger partial charge in [-0.2, -0.15) is 0 Å². The lowest BCUT2D eigenvalue weighted by Crippen LogP contribution is -2.24. The molecule has 0 saturated heterocycles. The largest absolute Gasteiger partial charge is 0.504 e. The summed E-state index contributed by atoms with van der Waals surface area (Å²) in [5.74, 6) is -5.19. The number of carboxylic acids is 1. The van der Waals surface area contributed by atoms with E-state index in [0.717, 1.165) is 44.2 Å². The molecule has 0 amide bonds. The van der Waals surface area contributed by atoms with Gasteiger partial charge < -0.3 is 20.4 Å². The van der Waals surface area contributed by atoms with E-state index in [1.165, 1.54) is 38.5 Å². The van der Waals surface area contributed by atoms with Crippen molar-refractivity contribution in [2.75, 3.05) is 0 Å². The molecular weight excluding hydrogens is 396 g/mol. The van der Waals surface area contributed by atoms with Gasteiger partial charge in [-0.3, -0.25) is 9.59 Å². The number of aromatic hydroxyl groups is 3. The number of aliphatic carboxylic acids is 1. The zero-order valence-electron chi connectivity index (χ0n) is 18.7. The van der Waals surface area contributed by atoms with Crippen LogP contribution in [0, 0.1) is 5.92 Å². The average molecular weight is 435 g/mol. The Balaban J connectivity index is 2.25. The summed E-state index contributed by atoms with van der Waals surface area (Å²) >= 11 is 0. The van der Waals surface area contributed by atoms with E-state index in [0.29, 0.717) is 6.42 Å². The van der Waals surface area contributed by atoms with Gasteiger partial charge in [0.15, 0.2) is 23.0 Å². The highest BCUT2D eigenvalue weighted by atomic mass is 16.4. The summed E-state index contributed by atoms with van der Waals surface area (Å²) in [6.07, 6.45) is 18.1. The van der Waals surface area contributed by atoms with Crippen molar-refractivity contribution in [2.45, 2.75) is 90.4 Å². The van der Waals surface area contributed by atoms with Crippen molar-refractivity contribution in [3.63, 3.8) is 0 Å². The minimum Gasteiger partial charge on any atom is -0.504 e. The van der Waals surface area contributed by atoms with E-state index in [1.807, 2.05) is 0 Å². The van der Waals surface area contributed by atoms with Crippen LogP contribution in [0.3, 0.4) is 0 Å². The number of carbonyl (C=O) groups is 2. The van der Waals surface area contributed by atoms with Gasteiger partial charge in [-0.05, 0) is 44.2 Å². The highest BCUT2D eigenvalue weighted by Gasteiger charge is 2.28. The van der Waals surface area contributed by atoms with Gasteiger partial charge in [0.25, 0.3) is 0 Å². The fraction of sp³-hybridized carbons (Fsp3) is 0.600. The Morgan fingerprint density at radius 1 is 0.806 bits per heavy atom. The molecule has 0 aromatic heterocycles. The predicted molar refractivity (Wildman–Crippen MR) is 122 cm³/mol. The van der Waals surface area contributed by atoms with Gasteiger partial charge in [0.05, 0.1) is 0 Å². The van der Waals surface area contributed by atoms with Crippen LogP contribution < -0.4 is 0 Å². The van der Waals surface area contributed by atoms with Gasteiger partial charge in [-0.1, -0.05) is 70.4 Å². The van der Waals surface area contributed by atoms with E-state index in [-0.39, 0.29) is 12.0 Å². The topological polar surface area (TPSA) is 115 Å². The smallest absolute Gasteiger partial charge is 0.314 e. The molecule has 0 aliphatic heterocycles. The van der Waals surface area contributed by atoms with Crippen LogP contribution in [0.1, 0.15) is 101 Å². The molecule has 31 heavy (non-hydrogen) atoms. The Morgan fingerprint density at radius 3 is 1.81 bits per heavy atom. The number of carboxylic acid groups (broad SMARTS) is 1. The molecule has 0 radical (unpaired) electrons. The van der Waals surface area contributed by atoms with Crippen LogP contribution in [0.25, 0.3) is 0 Å². The van der Waals surface area contributed by atoms with E-state index < -0.39 is 34.9 Å². The maximum Gasteiger partial charge on any atom is 0.314 e. The van der Waals surface area contributed by atoms with Crippen LogP contribution in [0.5, 0.6) is 17.2 Å². The van der Waals surface area contributed by atoms with Crippen molar-refractivity contribution in [3.05, 3.63) is 29.8 Å². The Bertz CT molecular complexity index is 687. The standard InChI is InChI=1S/C25H38O6/c1-2-3-4-5-6-7-8-9-10-11-12-13-14-15-16-20(25(30)31)23(28)19-17-21(26)24(29)22(27)18-19/h9-10,17-18,20,26-27,29H,2-8,11-16H2,1H3,(H,30,31)/b10-9-. The number of benzene rings is 1. The van der Waals surface area contributed by atoms with E-state index in [2.05, 4.69) is 19.1 Å². The minimum absolute atomic E-state index is 0.129. The molecule has 174 valence electrons. The number of hydrogen-bond acceptors (Lipinski definition) is 5. The lowest BCUT2D eigenvalue weighted by molar-refractivity contribution is -0.140. The number of hydrogen-bond donors (Lipinski definition) is 4. The van der Waals surface area contributed by atoms with Crippen molar-refractivity contribution in [2.24, 2.45) is 5.92 Å². The quantitative estimate of drug-likeness (QED) is 0.0748.